The highest BCUT2D eigenvalue weighted by atomic mass is 35.5. The molecule has 0 unspecified atom stereocenters. The van der Waals surface area contributed by atoms with Crippen molar-refractivity contribution in [3.8, 4) is 5.75 Å². The van der Waals surface area contributed by atoms with Crippen LogP contribution in [0.2, 0.25) is 10.4 Å². The van der Waals surface area contributed by atoms with Crippen molar-refractivity contribution in [1.82, 2.24) is 9.97 Å². The number of ether oxygens (including phenoxy) is 1. The van der Waals surface area contributed by atoms with E-state index < -0.39 is 5.91 Å². The van der Waals surface area contributed by atoms with Crippen LogP contribution in [-0.4, -0.2) is 23.0 Å². The van der Waals surface area contributed by atoms with Gasteiger partial charge in [-0.05, 0) is 23.7 Å². The molecule has 2 aromatic rings. The molecule has 1 amide bonds. The van der Waals surface area contributed by atoms with Gasteiger partial charge in [0.25, 0.3) is 5.91 Å². The van der Waals surface area contributed by atoms with Gasteiger partial charge in [-0.25, -0.2) is 9.97 Å². The quantitative estimate of drug-likeness (QED) is 0.516. The molecule has 8 heteroatoms. The lowest BCUT2D eigenvalue weighted by atomic mass is 10.2. The summed E-state index contributed by atoms with van der Waals surface area (Å²) in [6.45, 7) is 0. The molecule has 0 saturated carbocycles. The molecule has 0 bridgehead atoms. The van der Waals surface area contributed by atoms with Gasteiger partial charge in [0.2, 0.25) is 5.28 Å². The molecule has 1 aromatic heterocycles. The first-order valence-corrected chi connectivity index (χ1v) is 6.19. The van der Waals surface area contributed by atoms with Crippen molar-refractivity contribution in [3.63, 3.8) is 0 Å². The van der Waals surface area contributed by atoms with E-state index in [-0.39, 0.29) is 16.3 Å². The number of methoxy groups -OCH3 is 1. The van der Waals surface area contributed by atoms with Crippen molar-refractivity contribution < 1.29 is 9.53 Å². The summed E-state index contributed by atoms with van der Waals surface area (Å²) < 4.78 is 5.05. The number of carbonyl (C=O) groups is 1. The molecule has 20 heavy (non-hydrogen) atoms. The standard InChI is InChI=1S/C12H10Cl2N4O2/c1-20-8-3-6(2-7(15)4-8)11(19)17-10-5-9(13)16-12(14)18-10/h2-5H,15H2,1H3,(H,16,17,18,19). The number of nitrogen functional groups attached to an aromatic ring is 1. The van der Waals surface area contributed by atoms with Crippen molar-refractivity contribution in [3.05, 3.63) is 40.3 Å². The van der Waals surface area contributed by atoms with E-state index in [0.717, 1.165) is 0 Å². The Morgan fingerprint density at radius 2 is 2.00 bits per heavy atom. The molecule has 0 aliphatic heterocycles. The average Bonchev–Trinajstić information content (AvgIpc) is 2.36. The molecule has 0 aliphatic rings. The molecule has 0 fully saturated rings. The van der Waals surface area contributed by atoms with Crippen LogP contribution in [0.4, 0.5) is 11.5 Å². The third-order valence-electron chi connectivity index (χ3n) is 2.34. The molecule has 3 N–H and O–H groups in total. The normalized spacial score (nSPS) is 10.2. The largest absolute Gasteiger partial charge is 0.497 e. The third kappa shape index (κ3) is 3.49. The molecule has 1 aromatic carbocycles. The summed E-state index contributed by atoms with van der Waals surface area (Å²) in [4.78, 5) is 19.6. The van der Waals surface area contributed by atoms with Gasteiger partial charge in [0.15, 0.2) is 0 Å². The number of nitrogens with one attached hydrogen (secondary N) is 1. The summed E-state index contributed by atoms with van der Waals surface area (Å²) in [6, 6.07) is 6.06. The van der Waals surface area contributed by atoms with Crippen LogP contribution in [0, 0.1) is 0 Å². The SMILES string of the molecule is COc1cc(N)cc(C(=O)Nc2cc(Cl)nc(Cl)n2)c1. The number of benzene rings is 1. The van der Waals surface area contributed by atoms with Crippen LogP contribution in [0.3, 0.4) is 0 Å². The maximum absolute atomic E-state index is 12.1. The van der Waals surface area contributed by atoms with Crippen LogP contribution in [0.1, 0.15) is 10.4 Å². The van der Waals surface area contributed by atoms with Gasteiger partial charge in [-0.2, -0.15) is 0 Å². The second kappa shape index (κ2) is 5.94. The fourth-order valence-corrected chi connectivity index (χ4v) is 1.92. The summed E-state index contributed by atoms with van der Waals surface area (Å²) in [7, 11) is 1.49. The van der Waals surface area contributed by atoms with Gasteiger partial charge in [0, 0.05) is 23.4 Å². The van der Waals surface area contributed by atoms with E-state index in [4.69, 9.17) is 33.7 Å². The van der Waals surface area contributed by atoms with Crippen LogP contribution < -0.4 is 15.8 Å². The van der Waals surface area contributed by atoms with E-state index in [0.29, 0.717) is 17.0 Å². The summed E-state index contributed by atoms with van der Waals surface area (Å²) in [5.74, 6) is 0.261. The molecule has 6 nitrogen and oxygen atoms in total. The summed E-state index contributed by atoms with van der Waals surface area (Å²) in [6.07, 6.45) is 0. The Balaban J connectivity index is 2.25. The molecule has 1 heterocycles. The number of carbonyl (C=O) groups excluding carboxylic acids is 1. The van der Waals surface area contributed by atoms with E-state index in [1.165, 1.54) is 19.2 Å². The van der Waals surface area contributed by atoms with Gasteiger partial charge in [-0.15, -0.1) is 0 Å². The van der Waals surface area contributed by atoms with Crippen LogP contribution in [0.25, 0.3) is 0 Å². The van der Waals surface area contributed by atoms with Crippen LogP contribution >= 0.6 is 23.2 Å². The van der Waals surface area contributed by atoms with Crippen LogP contribution in [-0.2, 0) is 0 Å². The van der Waals surface area contributed by atoms with Gasteiger partial charge in [0.05, 0.1) is 7.11 Å². The van der Waals surface area contributed by atoms with Gasteiger partial charge >= 0.3 is 0 Å². The van der Waals surface area contributed by atoms with Gasteiger partial charge in [-0.1, -0.05) is 11.6 Å². The van der Waals surface area contributed by atoms with E-state index >= 15 is 0 Å². The van der Waals surface area contributed by atoms with Crippen molar-refractivity contribution in [1.29, 1.82) is 0 Å². The number of hydrogen-bond acceptors (Lipinski definition) is 5. The van der Waals surface area contributed by atoms with Gasteiger partial charge in [0.1, 0.15) is 16.7 Å². The van der Waals surface area contributed by atoms with Crippen LogP contribution in [0.15, 0.2) is 24.3 Å². The van der Waals surface area contributed by atoms with Crippen molar-refractivity contribution in [2.75, 3.05) is 18.2 Å². The highest BCUT2D eigenvalue weighted by Crippen LogP contribution is 2.20. The van der Waals surface area contributed by atoms with Crippen LogP contribution in [0.5, 0.6) is 5.75 Å². The molecule has 0 saturated heterocycles. The Labute approximate surface area is 124 Å². The number of nitrogens with zero attached hydrogens (tertiary/aromatic N) is 2. The second-order valence-electron chi connectivity index (χ2n) is 3.79. The Morgan fingerprint density at radius 1 is 1.25 bits per heavy atom. The van der Waals surface area contributed by atoms with E-state index in [1.54, 1.807) is 12.1 Å². The predicted octanol–water partition coefficient (Wildman–Crippen LogP) is 2.63. The molecular formula is C12H10Cl2N4O2. The van der Waals surface area contributed by atoms with Crippen molar-refractivity contribution in [2.45, 2.75) is 0 Å². The lowest BCUT2D eigenvalue weighted by Gasteiger charge is -2.08. The smallest absolute Gasteiger partial charge is 0.257 e. The number of aromatic nitrogens is 2. The van der Waals surface area contributed by atoms with E-state index in [9.17, 15) is 4.79 Å². The van der Waals surface area contributed by atoms with E-state index in [2.05, 4.69) is 15.3 Å². The number of halogens is 2. The maximum atomic E-state index is 12.1. The molecule has 2 rings (SSSR count). The Morgan fingerprint density at radius 3 is 2.65 bits per heavy atom. The monoisotopic (exact) mass is 312 g/mol. The number of nitrogens with two attached hydrogens (primary N) is 1. The highest BCUT2D eigenvalue weighted by Gasteiger charge is 2.11. The average molecular weight is 313 g/mol. The topological polar surface area (TPSA) is 90.1 Å². The van der Waals surface area contributed by atoms with Gasteiger partial charge < -0.3 is 15.8 Å². The first-order chi connectivity index (χ1) is 9.47. The van der Waals surface area contributed by atoms with Crippen molar-refractivity contribution >= 4 is 40.6 Å². The number of amides is 1. The zero-order valence-corrected chi connectivity index (χ0v) is 11.9. The second-order valence-corrected chi connectivity index (χ2v) is 4.52. The van der Waals surface area contributed by atoms with Gasteiger partial charge in [-0.3, -0.25) is 4.79 Å². The minimum absolute atomic E-state index is 0.0574. The number of hydrogen-bond donors (Lipinski definition) is 2. The fourth-order valence-electron chi connectivity index (χ4n) is 1.51. The fraction of sp³-hybridized carbons (Fsp3) is 0.0833. The summed E-state index contributed by atoms with van der Waals surface area (Å²) in [5, 5.41) is 2.62. The number of anilines is 2. The van der Waals surface area contributed by atoms with E-state index in [1.807, 2.05) is 0 Å². The molecule has 0 spiro atoms. The first kappa shape index (κ1) is 14.4. The summed E-state index contributed by atoms with van der Waals surface area (Å²) in [5.41, 5.74) is 6.42. The minimum Gasteiger partial charge on any atom is -0.497 e. The molecule has 104 valence electrons. The summed E-state index contributed by atoms with van der Waals surface area (Å²) >= 11 is 11.4. The maximum Gasteiger partial charge on any atom is 0.257 e. The third-order valence-corrected chi connectivity index (χ3v) is 2.70. The zero-order chi connectivity index (χ0) is 14.7. The minimum atomic E-state index is -0.415. The molecule has 0 atom stereocenters. The Hall–Kier alpha value is -2.05. The lowest BCUT2D eigenvalue weighted by molar-refractivity contribution is 0.102. The highest BCUT2D eigenvalue weighted by molar-refractivity contribution is 6.32. The lowest BCUT2D eigenvalue weighted by Crippen LogP contribution is -2.13. The Kier molecular flexibility index (Phi) is 4.26. The predicted molar refractivity (Wildman–Crippen MR) is 77.4 cm³/mol. The number of rotatable bonds is 3. The Bertz CT molecular complexity index is 644. The first-order valence-electron chi connectivity index (χ1n) is 5.44. The van der Waals surface area contributed by atoms with Crippen molar-refractivity contribution in [2.24, 2.45) is 0 Å². The molecule has 0 radical (unpaired) electrons. The molecule has 0 aliphatic carbocycles. The molecular weight excluding hydrogens is 303 g/mol. The zero-order valence-electron chi connectivity index (χ0n) is 10.4.